The molecule has 0 aliphatic carbocycles. The Bertz CT molecular complexity index is 1420. The number of fused-ring (bicyclic) bond motifs is 1. The van der Waals surface area contributed by atoms with E-state index in [0.717, 1.165) is 5.56 Å². The second-order valence-electron chi connectivity index (χ2n) is 7.42. The highest BCUT2D eigenvalue weighted by Gasteiger charge is 2.37. The monoisotopic (exact) mass is 461 g/mol. The van der Waals surface area contributed by atoms with Gasteiger partial charge in [0.2, 0.25) is 0 Å². The smallest absolute Gasteiger partial charge is 0.158 e. The Morgan fingerprint density at radius 1 is 0.938 bits per heavy atom. The highest BCUT2D eigenvalue weighted by atomic mass is 35.5. The van der Waals surface area contributed by atoms with Crippen molar-refractivity contribution < 1.29 is 5.11 Å². The average Bonchev–Trinajstić information content (AvgIpc) is 3.26. The summed E-state index contributed by atoms with van der Waals surface area (Å²) >= 11 is 13.4. The van der Waals surface area contributed by atoms with Crippen LogP contribution in [0.4, 0.5) is 0 Å². The minimum Gasteiger partial charge on any atom is -0.374 e. The van der Waals surface area contributed by atoms with Crippen LogP contribution in [-0.4, -0.2) is 29.8 Å². The van der Waals surface area contributed by atoms with Crippen LogP contribution >= 0.6 is 23.2 Å². The van der Waals surface area contributed by atoms with Crippen LogP contribution in [0.2, 0.25) is 10.2 Å². The Labute approximate surface area is 194 Å². The molecule has 0 aliphatic rings. The van der Waals surface area contributed by atoms with Crippen LogP contribution in [0.5, 0.6) is 0 Å². The lowest BCUT2D eigenvalue weighted by Crippen LogP contribution is -2.31. The van der Waals surface area contributed by atoms with Gasteiger partial charge in [-0.15, -0.1) is 0 Å². The molecule has 2 aromatic carbocycles. The maximum absolute atomic E-state index is 12.1. The van der Waals surface area contributed by atoms with Gasteiger partial charge in [0.1, 0.15) is 5.15 Å². The van der Waals surface area contributed by atoms with E-state index in [0.29, 0.717) is 43.5 Å². The molecule has 0 aliphatic heterocycles. The zero-order valence-electron chi connectivity index (χ0n) is 16.9. The van der Waals surface area contributed by atoms with Crippen molar-refractivity contribution in [2.24, 2.45) is 7.05 Å². The fourth-order valence-electron chi connectivity index (χ4n) is 3.94. The van der Waals surface area contributed by atoms with E-state index in [1.54, 1.807) is 41.5 Å². The lowest BCUT2D eigenvalue weighted by molar-refractivity contribution is 0.117. The number of hydrogen-bond donors (Lipinski definition) is 1. The first-order valence-corrected chi connectivity index (χ1v) is 10.6. The van der Waals surface area contributed by atoms with E-state index >= 15 is 0 Å². The fourth-order valence-corrected chi connectivity index (χ4v) is 4.64. The summed E-state index contributed by atoms with van der Waals surface area (Å²) in [5.74, 6) is 0. The number of benzene rings is 2. The molecule has 0 radical (unpaired) electrons. The summed E-state index contributed by atoms with van der Waals surface area (Å²) in [5, 5.41) is 21.3. The van der Waals surface area contributed by atoms with Crippen LogP contribution in [-0.2, 0) is 12.6 Å². The Balaban J connectivity index is 1.79. The van der Waals surface area contributed by atoms with Gasteiger partial charge in [-0.25, -0.2) is 9.97 Å². The van der Waals surface area contributed by atoms with Crippen molar-refractivity contribution in [3.8, 4) is 11.1 Å². The van der Waals surface area contributed by atoms with Crippen molar-refractivity contribution in [1.29, 1.82) is 0 Å². The molecular weight excluding hydrogens is 445 g/mol. The maximum Gasteiger partial charge on any atom is 0.158 e. The summed E-state index contributed by atoms with van der Waals surface area (Å²) in [6.45, 7) is 0. The Morgan fingerprint density at radius 2 is 1.75 bits per heavy atom. The number of aromatic nitrogens is 5. The van der Waals surface area contributed by atoms with E-state index in [1.165, 1.54) is 6.20 Å². The number of pyridine rings is 1. The van der Waals surface area contributed by atoms with Gasteiger partial charge in [-0.05, 0) is 29.3 Å². The van der Waals surface area contributed by atoms with E-state index in [4.69, 9.17) is 23.2 Å². The van der Waals surface area contributed by atoms with E-state index in [1.807, 2.05) is 43.4 Å². The number of rotatable bonds is 4. The summed E-state index contributed by atoms with van der Waals surface area (Å²) in [5.41, 5.74) is 2.32. The minimum atomic E-state index is -1.54. The second-order valence-corrected chi connectivity index (χ2v) is 8.16. The van der Waals surface area contributed by atoms with Crippen LogP contribution in [0.3, 0.4) is 0 Å². The number of aryl methyl sites for hydroxylation is 1. The first-order valence-electron chi connectivity index (χ1n) is 9.81. The van der Waals surface area contributed by atoms with E-state index in [-0.39, 0.29) is 0 Å². The van der Waals surface area contributed by atoms with Gasteiger partial charge < -0.3 is 9.67 Å². The van der Waals surface area contributed by atoms with Gasteiger partial charge in [0.25, 0.3) is 0 Å². The molecule has 0 saturated heterocycles. The third-order valence-corrected chi connectivity index (χ3v) is 6.21. The molecule has 32 heavy (non-hydrogen) atoms. The number of aliphatic hydroxyl groups is 1. The number of imidazole rings is 1. The fraction of sp³-hybridized carbons (Fsp3) is 0.0833. The second kappa shape index (κ2) is 7.98. The predicted molar refractivity (Wildman–Crippen MR) is 125 cm³/mol. The van der Waals surface area contributed by atoms with Gasteiger partial charge in [-0.2, -0.15) is 10.2 Å². The molecule has 8 heteroatoms. The summed E-state index contributed by atoms with van der Waals surface area (Å²) in [4.78, 5) is 8.74. The van der Waals surface area contributed by atoms with Gasteiger partial charge in [-0.1, -0.05) is 59.6 Å². The molecule has 0 bridgehead atoms. The third kappa shape index (κ3) is 3.24. The van der Waals surface area contributed by atoms with Gasteiger partial charge in [-0.3, -0.25) is 0 Å². The quantitative estimate of drug-likeness (QED) is 0.380. The van der Waals surface area contributed by atoms with Gasteiger partial charge in [0.15, 0.2) is 5.60 Å². The van der Waals surface area contributed by atoms with Crippen LogP contribution in [0.25, 0.3) is 22.0 Å². The number of hydrogen-bond acceptors (Lipinski definition) is 5. The molecule has 1 unspecified atom stereocenters. The first-order chi connectivity index (χ1) is 15.5. The molecule has 0 spiro atoms. The average molecular weight is 462 g/mol. The van der Waals surface area contributed by atoms with Crippen molar-refractivity contribution in [1.82, 2.24) is 24.7 Å². The molecule has 5 rings (SSSR count). The van der Waals surface area contributed by atoms with Crippen LogP contribution < -0.4 is 0 Å². The maximum atomic E-state index is 12.1. The molecular formula is C24H17Cl2N5O. The largest absolute Gasteiger partial charge is 0.374 e. The molecule has 3 aromatic heterocycles. The molecule has 0 fully saturated rings. The van der Waals surface area contributed by atoms with Crippen LogP contribution in [0, 0.1) is 0 Å². The Morgan fingerprint density at radius 3 is 2.44 bits per heavy atom. The Hall–Kier alpha value is -3.32. The molecule has 1 atom stereocenters. The van der Waals surface area contributed by atoms with Crippen molar-refractivity contribution in [2.75, 3.05) is 0 Å². The topological polar surface area (TPSA) is 76.7 Å². The molecule has 0 amide bonds. The van der Waals surface area contributed by atoms with Gasteiger partial charge in [0.05, 0.1) is 35.0 Å². The van der Waals surface area contributed by atoms with Gasteiger partial charge >= 0.3 is 0 Å². The minimum absolute atomic E-state index is 0.321. The third-order valence-electron chi connectivity index (χ3n) is 5.55. The SMILES string of the molecule is Cn1cncc1C(O)(c1ccnnc1)c1ccc2nc(Cl)c(-c3ccccc3)c(Cl)c2c1. The van der Waals surface area contributed by atoms with E-state index in [9.17, 15) is 5.11 Å². The van der Waals surface area contributed by atoms with Crippen LogP contribution in [0.15, 0.2) is 79.5 Å². The lowest BCUT2D eigenvalue weighted by atomic mass is 9.84. The summed E-state index contributed by atoms with van der Waals surface area (Å²) < 4.78 is 1.77. The number of nitrogens with zero attached hydrogens (tertiary/aromatic N) is 5. The van der Waals surface area contributed by atoms with Crippen molar-refractivity contribution in [3.05, 3.63) is 107 Å². The zero-order valence-corrected chi connectivity index (χ0v) is 18.5. The molecule has 5 aromatic rings. The van der Waals surface area contributed by atoms with Crippen molar-refractivity contribution in [3.63, 3.8) is 0 Å². The highest BCUT2D eigenvalue weighted by Crippen LogP contribution is 2.42. The molecule has 1 N–H and O–H groups in total. The van der Waals surface area contributed by atoms with Crippen LogP contribution in [0.1, 0.15) is 16.8 Å². The standard InChI is InChI=1S/C24H17Cl2N5O/c1-31-14-27-13-20(31)24(32,17-9-10-28-29-12-17)16-7-8-19-18(11-16)22(25)21(23(26)30-19)15-5-3-2-4-6-15/h2-14,32H,1H3. The van der Waals surface area contributed by atoms with Crippen molar-refractivity contribution in [2.45, 2.75) is 5.60 Å². The zero-order chi connectivity index (χ0) is 22.3. The molecule has 6 nitrogen and oxygen atoms in total. The van der Waals surface area contributed by atoms with E-state index < -0.39 is 5.60 Å². The summed E-state index contributed by atoms with van der Waals surface area (Å²) in [6.07, 6.45) is 6.34. The predicted octanol–water partition coefficient (Wildman–Crippen LogP) is 5.02. The first kappa shape index (κ1) is 20.6. The van der Waals surface area contributed by atoms with Gasteiger partial charge in [0, 0.05) is 29.8 Å². The number of halogens is 2. The molecule has 158 valence electrons. The lowest BCUT2D eigenvalue weighted by Gasteiger charge is -2.29. The summed E-state index contributed by atoms with van der Waals surface area (Å²) in [6, 6.07) is 16.8. The Kier molecular flexibility index (Phi) is 5.13. The molecule has 3 heterocycles. The summed E-state index contributed by atoms with van der Waals surface area (Å²) in [7, 11) is 1.82. The highest BCUT2D eigenvalue weighted by molar-refractivity contribution is 6.42. The molecule has 0 saturated carbocycles. The van der Waals surface area contributed by atoms with E-state index in [2.05, 4.69) is 20.2 Å². The van der Waals surface area contributed by atoms with Crippen molar-refractivity contribution >= 4 is 34.1 Å². The normalized spacial score (nSPS) is 13.2.